The zero-order chi connectivity index (χ0) is 20.4. The van der Waals surface area contributed by atoms with Gasteiger partial charge in [0.2, 0.25) is 0 Å². The third-order valence-electron chi connectivity index (χ3n) is 4.55. The van der Waals surface area contributed by atoms with E-state index < -0.39 is 0 Å². The summed E-state index contributed by atoms with van der Waals surface area (Å²) in [6.45, 7) is 4.62. The van der Waals surface area contributed by atoms with Crippen LogP contribution in [0.1, 0.15) is 28.8 Å². The number of carbonyl (C=O) groups is 1. The number of amides is 1. The first kappa shape index (κ1) is 25.7. The van der Waals surface area contributed by atoms with E-state index in [4.69, 9.17) is 23.2 Å². The number of carbonyl (C=O) groups excluding carboxylic acids is 1. The smallest absolute Gasteiger partial charge is 0.252 e. The summed E-state index contributed by atoms with van der Waals surface area (Å²) in [4.78, 5) is 16.8. The molecule has 0 aliphatic heterocycles. The molecule has 2 rings (SSSR count). The zero-order valence-corrected chi connectivity index (χ0v) is 19.4. The van der Waals surface area contributed by atoms with Crippen molar-refractivity contribution in [2.45, 2.75) is 19.4 Å². The van der Waals surface area contributed by atoms with Crippen molar-refractivity contribution in [2.75, 3.05) is 40.3 Å². The third kappa shape index (κ3) is 9.83. The molecule has 0 fully saturated rings. The Morgan fingerprint density at radius 3 is 2.31 bits per heavy atom. The van der Waals surface area contributed by atoms with Crippen molar-refractivity contribution >= 4 is 41.5 Å². The van der Waals surface area contributed by atoms with Crippen molar-refractivity contribution in [1.29, 1.82) is 0 Å². The van der Waals surface area contributed by atoms with Crippen LogP contribution in [0.4, 0.5) is 0 Å². The molecule has 4 nitrogen and oxygen atoms in total. The summed E-state index contributed by atoms with van der Waals surface area (Å²) in [6, 6.07) is 15.4. The predicted octanol–water partition coefficient (Wildman–Crippen LogP) is 4.99. The van der Waals surface area contributed by atoms with E-state index in [0.29, 0.717) is 22.2 Å². The second-order valence-electron chi connectivity index (χ2n) is 7.11. The largest absolute Gasteiger partial charge is 0.352 e. The van der Waals surface area contributed by atoms with E-state index in [-0.39, 0.29) is 18.3 Å². The fourth-order valence-corrected chi connectivity index (χ4v) is 3.39. The molecule has 0 aliphatic carbocycles. The first-order chi connectivity index (χ1) is 13.5. The number of halogens is 3. The maximum atomic E-state index is 12.2. The molecule has 7 heteroatoms. The van der Waals surface area contributed by atoms with Crippen LogP contribution in [0.2, 0.25) is 10.0 Å². The molecule has 2 aromatic rings. The van der Waals surface area contributed by atoms with Gasteiger partial charge in [0, 0.05) is 18.1 Å². The second-order valence-corrected chi connectivity index (χ2v) is 7.96. The molecule has 29 heavy (non-hydrogen) atoms. The van der Waals surface area contributed by atoms with Crippen molar-refractivity contribution in [2.24, 2.45) is 0 Å². The van der Waals surface area contributed by atoms with Gasteiger partial charge < -0.3 is 15.1 Å². The molecule has 2 aromatic carbocycles. The van der Waals surface area contributed by atoms with Gasteiger partial charge in [0.1, 0.15) is 0 Å². The van der Waals surface area contributed by atoms with Gasteiger partial charge in [-0.15, -0.1) is 12.4 Å². The van der Waals surface area contributed by atoms with Crippen molar-refractivity contribution in [1.82, 2.24) is 15.1 Å². The number of nitrogens with one attached hydrogen (secondary N) is 1. The normalized spacial score (nSPS) is 10.8. The Morgan fingerprint density at radius 1 is 0.931 bits per heavy atom. The topological polar surface area (TPSA) is 35.6 Å². The van der Waals surface area contributed by atoms with Gasteiger partial charge in [-0.05, 0) is 70.3 Å². The highest BCUT2D eigenvalue weighted by atomic mass is 35.5. The average molecular weight is 459 g/mol. The van der Waals surface area contributed by atoms with Crippen molar-refractivity contribution in [3.63, 3.8) is 0 Å². The van der Waals surface area contributed by atoms with Gasteiger partial charge in [0.05, 0.1) is 10.6 Å². The van der Waals surface area contributed by atoms with Crippen LogP contribution < -0.4 is 5.32 Å². The van der Waals surface area contributed by atoms with Crippen LogP contribution in [0.25, 0.3) is 0 Å². The maximum absolute atomic E-state index is 12.2. The van der Waals surface area contributed by atoms with Crippen LogP contribution in [0, 0.1) is 0 Å². The highest BCUT2D eigenvalue weighted by molar-refractivity contribution is 6.35. The van der Waals surface area contributed by atoms with Crippen molar-refractivity contribution in [3.8, 4) is 0 Å². The van der Waals surface area contributed by atoms with E-state index in [2.05, 4.69) is 53.5 Å². The molecular weight excluding hydrogens is 429 g/mol. The highest BCUT2D eigenvalue weighted by Gasteiger charge is 2.10. The Kier molecular flexibility index (Phi) is 12.3. The predicted molar refractivity (Wildman–Crippen MR) is 126 cm³/mol. The fraction of sp³-hybridized carbons (Fsp3) is 0.409. The quantitative estimate of drug-likeness (QED) is 0.482. The number of nitrogens with zero attached hydrogens (tertiary/aromatic N) is 2. The molecule has 0 atom stereocenters. The maximum Gasteiger partial charge on any atom is 0.252 e. The lowest BCUT2D eigenvalue weighted by Gasteiger charge is -2.20. The Balaban J connectivity index is 0.00000420. The molecule has 0 aliphatic rings. The lowest BCUT2D eigenvalue weighted by molar-refractivity contribution is 0.0952. The minimum Gasteiger partial charge on any atom is -0.352 e. The van der Waals surface area contributed by atoms with E-state index in [0.717, 1.165) is 39.0 Å². The standard InChI is InChI=1S/C22H29Cl2N3O.ClH/c1-26(14-7-15-27(2)17-18-8-4-3-5-9-18)13-6-12-25-22(28)20-16-19(23)10-11-21(20)24;/h3-5,8-11,16H,6-7,12-15,17H2,1-2H3,(H,25,28);1H. The minimum atomic E-state index is -0.183. The summed E-state index contributed by atoms with van der Waals surface area (Å²) < 4.78 is 0. The van der Waals surface area contributed by atoms with Gasteiger partial charge in [-0.1, -0.05) is 53.5 Å². The van der Waals surface area contributed by atoms with Crippen molar-refractivity contribution < 1.29 is 4.79 Å². The van der Waals surface area contributed by atoms with Crippen LogP contribution in [0.15, 0.2) is 48.5 Å². The second kappa shape index (κ2) is 13.8. The van der Waals surface area contributed by atoms with Gasteiger partial charge in [-0.25, -0.2) is 0 Å². The number of hydrogen-bond acceptors (Lipinski definition) is 3. The Hall–Kier alpha value is -1.30. The van der Waals surface area contributed by atoms with Gasteiger partial charge in [-0.2, -0.15) is 0 Å². The minimum absolute atomic E-state index is 0. The SMILES string of the molecule is CN(CCCNC(=O)c1cc(Cl)ccc1Cl)CCCN(C)Cc1ccccc1.Cl. The Labute approximate surface area is 190 Å². The summed E-state index contributed by atoms with van der Waals surface area (Å²) in [6.07, 6.45) is 2.00. The average Bonchev–Trinajstić information content (AvgIpc) is 2.67. The Bertz CT molecular complexity index is 743. The molecule has 160 valence electrons. The zero-order valence-electron chi connectivity index (χ0n) is 17.0. The van der Waals surface area contributed by atoms with Crippen LogP contribution in [0.5, 0.6) is 0 Å². The molecule has 0 radical (unpaired) electrons. The molecule has 0 heterocycles. The van der Waals surface area contributed by atoms with Gasteiger partial charge in [0.15, 0.2) is 0 Å². The molecule has 0 spiro atoms. The summed E-state index contributed by atoms with van der Waals surface area (Å²) in [7, 11) is 4.27. The van der Waals surface area contributed by atoms with E-state index in [9.17, 15) is 4.79 Å². The molecule has 0 saturated carbocycles. The van der Waals surface area contributed by atoms with Gasteiger partial charge >= 0.3 is 0 Å². The fourth-order valence-electron chi connectivity index (χ4n) is 3.01. The molecule has 0 bridgehead atoms. The molecular formula is C22H30Cl3N3O. The number of benzene rings is 2. The molecule has 0 unspecified atom stereocenters. The lowest BCUT2D eigenvalue weighted by atomic mass is 10.2. The van der Waals surface area contributed by atoms with Gasteiger partial charge in [0.25, 0.3) is 5.91 Å². The van der Waals surface area contributed by atoms with Crippen molar-refractivity contribution in [3.05, 3.63) is 69.7 Å². The molecule has 1 N–H and O–H groups in total. The molecule has 0 saturated heterocycles. The van der Waals surface area contributed by atoms with E-state index in [1.807, 2.05) is 6.07 Å². The van der Waals surface area contributed by atoms with Gasteiger partial charge in [-0.3, -0.25) is 4.79 Å². The van der Waals surface area contributed by atoms with Crippen LogP contribution in [0.3, 0.4) is 0 Å². The van der Waals surface area contributed by atoms with E-state index in [1.54, 1.807) is 18.2 Å². The van der Waals surface area contributed by atoms with Crippen LogP contribution in [-0.2, 0) is 6.54 Å². The van der Waals surface area contributed by atoms with E-state index >= 15 is 0 Å². The molecule has 0 aromatic heterocycles. The summed E-state index contributed by atoms with van der Waals surface area (Å²) in [5.41, 5.74) is 1.76. The number of rotatable bonds is 11. The van der Waals surface area contributed by atoms with Crippen LogP contribution >= 0.6 is 35.6 Å². The first-order valence-corrected chi connectivity index (χ1v) is 10.4. The Morgan fingerprint density at radius 2 is 1.59 bits per heavy atom. The van der Waals surface area contributed by atoms with Crippen LogP contribution in [-0.4, -0.2) is 56.0 Å². The lowest BCUT2D eigenvalue weighted by Crippen LogP contribution is -2.30. The summed E-state index contributed by atoms with van der Waals surface area (Å²) in [5.74, 6) is -0.183. The summed E-state index contributed by atoms with van der Waals surface area (Å²) in [5, 5.41) is 3.83. The third-order valence-corrected chi connectivity index (χ3v) is 5.11. The highest BCUT2D eigenvalue weighted by Crippen LogP contribution is 2.20. The van der Waals surface area contributed by atoms with E-state index in [1.165, 1.54) is 5.56 Å². The first-order valence-electron chi connectivity index (χ1n) is 9.60. The number of hydrogen-bond donors (Lipinski definition) is 1. The molecule has 1 amide bonds. The summed E-state index contributed by atoms with van der Waals surface area (Å²) >= 11 is 12.0. The monoisotopic (exact) mass is 457 g/mol.